The molecule has 31 heavy (non-hydrogen) atoms. The first kappa shape index (κ1) is 21.3. The number of carbonyl (C=O) groups excluding carboxylic acids is 1. The second-order valence-corrected chi connectivity index (χ2v) is 8.80. The van der Waals surface area contributed by atoms with Crippen molar-refractivity contribution in [3.05, 3.63) is 58.4 Å². The van der Waals surface area contributed by atoms with E-state index in [4.69, 9.17) is 5.41 Å². The predicted molar refractivity (Wildman–Crippen MR) is 129 cm³/mol. The van der Waals surface area contributed by atoms with Crippen LogP contribution in [0.3, 0.4) is 0 Å². The highest BCUT2D eigenvalue weighted by Gasteiger charge is 2.35. The Morgan fingerprint density at radius 2 is 1.97 bits per heavy atom. The fourth-order valence-electron chi connectivity index (χ4n) is 3.95. The van der Waals surface area contributed by atoms with Gasteiger partial charge in [-0.3, -0.25) is 10.2 Å². The van der Waals surface area contributed by atoms with Crippen LogP contribution in [0.4, 0.5) is 0 Å². The molecule has 2 aliphatic heterocycles. The smallest absolute Gasteiger partial charge is 0.283 e. The van der Waals surface area contributed by atoms with Gasteiger partial charge in [-0.25, -0.2) is 0 Å². The molecule has 6 nitrogen and oxygen atoms in total. The highest BCUT2D eigenvalue weighted by atomic mass is 32.2. The average molecular weight is 434 g/mol. The van der Waals surface area contributed by atoms with E-state index >= 15 is 0 Å². The molecule has 0 bridgehead atoms. The van der Waals surface area contributed by atoms with E-state index in [1.807, 2.05) is 13.0 Å². The number of unbranched alkanes of at least 4 members (excludes halogenated alkanes) is 1. The van der Waals surface area contributed by atoms with Gasteiger partial charge < -0.3 is 4.57 Å². The number of amides is 1. The van der Waals surface area contributed by atoms with E-state index in [-0.39, 0.29) is 17.3 Å². The fraction of sp³-hybridized carbons (Fsp3) is 0.333. The summed E-state index contributed by atoms with van der Waals surface area (Å²) in [7, 11) is 0. The molecule has 1 N–H and O–H groups in total. The number of benzene rings is 1. The Kier molecular flexibility index (Phi) is 5.96. The van der Waals surface area contributed by atoms with Crippen molar-refractivity contribution < 1.29 is 4.79 Å². The lowest BCUT2D eigenvalue weighted by Crippen LogP contribution is -2.35. The van der Waals surface area contributed by atoms with E-state index in [2.05, 4.69) is 59.7 Å². The van der Waals surface area contributed by atoms with Gasteiger partial charge in [-0.1, -0.05) is 38.5 Å². The summed E-state index contributed by atoms with van der Waals surface area (Å²) in [4.78, 5) is 17.0. The normalized spacial score (nSPS) is 17.3. The van der Waals surface area contributed by atoms with Gasteiger partial charge in [-0.2, -0.15) is 15.1 Å². The summed E-state index contributed by atoms with van der Waals surface area (Å²) >= 11 is 1.39. The van der Waals surface area contributed by atoms with Crippen LogP contribution in [0.1, 0.15) is 55.6 Å². The van der Waals surface area contributed by atoms with Crippen molar-refractivity contribution in [1.29, 1.82) is 5.41 Å². The number of carbonyl (C=O) groups is 1. The standard InChI is InChI=1S/C24H27N5OS/c1-5-7-12-21-27-29-22(25)19(23(30)26-24(29)31-21)14-18-13-15(3)28(16(18)4)20-11-9-8-10-17(20)6-2/h8-11,13-14,25H,5-7,12H2,1-4H3/b19-14+,25-22?. The quantitative estimate of drug-likeness (QED) is 0.614. The van der Waals surface area contributed by atoms with Crippen molar-refractivity contribution in [1.82, 2.24) is 9.58 Å². The van der Waals surface area contributed by atoms with E-state index < -0.39 is 0 Å². The zero-order chi connectivity index (χ0) is 22.1. The van der Waals surface area contributed by atoms with Gasteiger partial charge in [0.25, 0.3) is 5.91 Å². The molecule has 0 spiro atoms. The van der Waals surface area contributed by atoms with Gasteiger partial charge in [0.2, 0.25) is 5.17 Å². The number of hydrogen-bond acceptors (Lipinski definition) is 4. The summed E-state index contributed by atoms with van der Waals surface area (Å²) in [5.41, 5.74) is 5.72. The third-order valence-corrected chi connectivity index (χ3v) is 6.59. The first-order chi connectivity index (χ1) is 14.9. The molecule has 0 saturated carbocycles. The van der Waals surface area contributed by atoms with E-state index in [1.165, 1.54) is 22.3 Å². The number of thioether (sulfide) groups is 1. The zero-order valence-electron chi connectivity index (χ0n) is 18.4. The fourth-order valence-corrected chi connectivity index (χ4v) is 4.88. The molecule has 1 aromatic carbocycles. The molecule has 3 heterocycles. The van der Waals surface area contributed by atoms with Crippen LogP contribution in [0.25, 0.3) is 11.8 Å². The molecule has 1 amide bonds. The molecule has 7 heteroatoms. The number of aromatic nitrogens is 1. The van der Waals surface area contributed by atoms with Crippen LogP contribution in [0.15, 0.2) is 46.0 Å². The number of aliphatic imine (C=N–C) groups is 1. The minimum Gasteiger partial charge on any atom is -0.318 e. The van der Waals surface area contributed by atoms with Gasteiger partial charge in [0.1, 0.15) is 5.04 Å². The number of amidine groups is 2. The third kappa shape index (κ3) is 3.90. The van der Waals surface area contributed by atoms with Crippen LogP contribution in [-0.2, 0) is 11.2 Å². The first-order valence-corrected chi connectivity index (χ1v) is 11.5. The molecule has 4 rings (SSSR count). The number of rotatable bonds is 6. The molecule has 0 aliphatic carbocycles. The van der Waals surface area contributed by atoms with Crippen LogP contribution < -0.4 is 0 Å². The van der Waals surface area contributed by atoms with Crippen LogP contribution in [-0.4, -0.2) is 31.5 Å². The topological polar surface area (TPSA) is 73.8 Å². The first-order valence-electron chi connectivity index (χ1n) is 10.7. The molecule has 2 aromatic rings. The minimum atomic E-state index is -0.380. The summed E-state index contributed by atoms with van der Waals surface area (Å²) in [6.07, 6.45) is 5.67. The Hall–Kier alpha value is -2.93. The minimum absolute atomic E-state index is 0.0905. The SMILES string of the molecule is CCCCC1=NN2C(=N)/C(=C\c3cc(C)n(-c4ccccc4CC)c3C)C(=O)N=C2S1. The van der Waals surface area contributed by atoms with Gasteiger partial charge in [0.05, 0.1) is 5.57 Å². The maximum absolute atomic E-state index is 12.8. The van der Waals surface area contributed by atoms with Gasteiger partial charge in [0.15, 0.2) is 5.84 Å². The highest BCUT2D eigenvalue weighted by Crippen LogP contribution is 2.31. The van der Waals surface area contributed by atoms with Gasteiger partial charge >= 0.3 is 0 Å². The number of para-hydroxylation sites is 1. The number of hydrogen-bond donors (Lipinski definition) is 1. The number of aryl methyl sites for hydroxylation is 2. The summed E-state index contributed by atoms with van der Waals surface area (Å²) in [5, 5.41) is 16.0. The molecule has 0 radical (unpaired) electrons. The van der Waals surface area contributed by atoms with Crippen LogP contribution in [0.2, 0.25) is 0 Å². The van der Waals surface area contributed by atoms with Gasteiger partial charge in [-0.05, 0) is 74.2 Å². The maximum atomic E-state index is 12.8. The molecule has 0 fully saturated rings. The Labute approximate surface area is 187 Å². The molecular formula is C24H27N5OS. The van der Waals surface area contributed by atoms with Crippen molar-refractivity contribution in [3.63, 3.8) is 0 Å². The van der Waals surface area contributed by atoms with Crippen LogP contribution >= 0.6 is 11.8 Å². The molecular weight excluding hydrogens is 406 g/mol. The number of fused-ring (bicyclic) bond motifs is 1. The average Bonchev–Trinajstić information content (AvgIpc) is 3.29. The molecule has 1 aromatic heterocycles. The van der Waals surface area contributed by atoms with Gasteiger partial charge in [-0.15, -0.1) is 0 Å². The maximum Gasteiger partial charge on any atom is 0.283 e. The Morgan fingerprint density at radius 3 is 2.71 bits per heavy atom. The van der Waals surface area contributed by atoms with Crippen molar-refractivity contribution in [3.8, 4) is 5.69 Å². The second-order valence-electron chi connectivity index (χ2n) is 7.76. The summed E-state index contributed by atoms with van der Waals surface area (Å²) < 4.78 is 2.21. The van der Waals surface area contributed by atoms with Crippen molar-refractivity contribution >= 4 is 39.8 Å². The molecule has 2 aliphatic rings. The lowest BCUT2D eigenvalue weighted by Gasteiger charge is -2.20. The number of hydrazone groups is 1. The van der Waals surface area contributed by atoms with Crippen molar-refractivity contribution in [2.24, 2.45) is 10.1 Å². The highest BCUT2D eigenvalue weighted by molar-refractivity contribution is 8.26. The van der Waals surface area contributed by atoms with E-state index in [1.54, 1.807) is 6.08 Å². The van der Waals surface area contributed by atoms with Crippen molar-refractivity contribution in [2.45, 2.75) is 53.4 Å². The number of nitrogens with one attached hydrogen (secondary N) is 1. The Morgan fingerprint density at radius 1 is 1.19 bits per heavy atom. The van der Waals surface area contributed by atoms with E-state index in [0.717, 1.165) is 53.4 Å². The summed E-state index contributed by atoms with van der Waals surface area (Å²) in [6, 6.07) is 10.4. The Bertz CT molecular complexity index is 1150. The molecule has 0 saturated heterocycles. The summed E-state index contributed by atoms with van der Waals surface area (Å²) in [5.74, 6) is -0.290. The Balaban J connectivity index is 1.71. The van der Waals surface area contributed by atoms with Gasteiger partial charge in [0, 0.05) is 17.1 Å². The zero-order valence-corrected chi connectivity index (χ0v) is 19.2. The van der Waals surface area contributed by atoms with Crippen molar-refractivity contribution in [2.75, 3.05) is 0 Å². The third-order valence-electron chi connectivity index (χ3n) is 5.62. The van der Waals surface area contributed by atoms with Crippen LogP contribution in [0.5, 0.6) is 0 Å². The lowest BCUT2D eigenvalue weighted by molar-refractivity contribution is -0.114. The monoisotopic (exact) mass is 433 g/mol. The van der Waals surface area contributed by atoms with Crippen LogP contribution in [0, 0.1) is 19.3 Å². The largest absolute Gasteiger partial charge is 0.318 e. The van der Waals surface area contributed by atoms with E-state index in [9.17, 15) is 4.79 Å². The molecule has 0 atom stereocenters. The van der Waals surface area contributed by atoms with E-state index in [0.29, 0.717) is 5.17 Å². The molecule has 0 unspecified atom stereocenters. The lowest BCUT2D eigenvalue weighted by atomic mass is 10.1. The molecule has 160 valence electrons. The second kappa shape index (κ2) is 8.67. The predicted octanol–water partition coefficient (Wildman–Crippen LogP) is 5.47. The number of nitrogens with zero attached hydrogens (tertiary/aromatic N) is 4. The summed E-state index contributed by atoms with van der Waals surface area (Å²) in [6.45, 7) is 8.39.